The van der Waals surface area contributed by atoms with Crippen LogP contribution < -0.4 is 24.4 Å². The molecule has 0 fully saturated rings. The van der Waals surface area contributed by atoms with Crippen molar-refractivity contribution in [1.29, 1.82) is 0 Å². The summed E-state index contributed by atoms with van der Waals surface area (Å²) in [5.74, 6) is -0.199. The number of benzene rings is 3. The molecule has 1 atom stereocenters. The zero-order valence-electron chi connectivity index (χ0n) is 24.3. The van der Waals surface area contributed by atoms with Crippen LogP contribution in [-0.4, -0.2) is 52.7 Å². The highest BCUT2D eigenvalue weighted by atomic mass is 32.1. The van der Waals surface area contributed by atoms with Crippen LogP contribution in [0.4, 0.5) is 5.69 Å². The van der Waals surface area contributed by atoms with Gasteiger partial charge in [-0.05, 0) is 43.7 Å². The van der Waals surface area contributed by atoms with Gasteiger partial charge in [-0.3, -0.25) is 24.3 Å². The van der Waals surface area contributed by atoms with Crippen LogP contribution in [0, 0.1) is 10.1 Å². The maximum atomic E-state index is 14.3. The van der Waals surface area contributed by atoms with Crippen molar-refractivity contribution in [2.75, 3.05) is 27.3 Å². The zero-order chi connectivity index (χ0) is 31.0. The van der Waals surface area contributed by atoms with Gasteiger partial charge in [0.15, 0.2) is 16.3 Å². The van der Waals surface area contributed by atoms with Crippen molar-refractivity contribution < 1.29 is 24.3 Å². The maximum Gasteiger partial charge on any atom is 0.274 e. The number of nitrogens with zero attached hydrogens (tertiary/aromatic N) is 4. The number of aromatic nitrogens is 1. The maximum absolute atomic E-state index is 14.3. The Balaban J connectivity index is 1.86. The molecule has 0 bridgehead atoms. The molecular formula is C31H30N4O7S. The monoisotopic (exact) mass is 602 g/mol. The van der Waals surface area contributed by atoms with Gasteiger partial charge in [0.1, 0.15) is 11.8 Å². The molecule has 1 aliphatic heterocycles. The highest BCUT2D eigenvalue weighted by Crippen LogP contribution is 2.41. The van der Waals surface area contributed by atoms with E-state index in [9.17, 15) is 24.8 Å². The first-order chi connectivity index (χ1) is 20.6. The number of ether oxygens (including phenoxy) is 2. The fraction of sp³-hybridized carbons (Fsp3) is 0.258. The minimum absolute atomic E-state index is 0.0331. The number of methoxy groups -OCH3 is 2. The van der Waals surface area contributed by atoms with Gasteiger partial charge in [0, 0.05) is 30.3 Å². The molecule has 5 rings (SSSR count). The molecule has 12 heteroatoms. The molecule has 0 spiro atoms. The second kappa shape index (κ2) is 11.7. The van der Waals surface area contributed by atoms with E-state index < -0.39 is 16.5 Å². The number of carbonyl (C=O) groups excluding carboxylic acids is 1. The number of nitro benzene ring substituents is 1. The summed E-state index contributed by atoms with van der Waals surface area (Å²) in [5, 5.41) is 24.0. The SMILES string of the molecule is CCN(CC)C(=O)C1=C(C)N=c2s/c(=C\c3cc([N+](=O)[O-])cc(OC)c3O)c(=O)n2[C@H]1c1c(OC)ccc2ccccc12. The Morgan fingerprint density at radius 3 is 2.49 bits per heavy atom. The number of rotatable bonds is 8. The van der Waals surface area contributed by atoms with Gasteiger partial charge in [-0.1, -0.05) is 41.7 Å². The largest absolute Gasteiger partial charge is 0.504 e. The molecule has 2 heterocycles. The molecule has 0 saturated heterocycles. The number of phenolic OH excluding ortho intramolecular Hbond substituents is 1. The molecular weight excluding hydrogens is 572 g/mol. The number of aromatic hydroxyl groups is 1. The number of hydrogen-bond donors (Lipinski definition) is 1. The van der Waals surface area contributed by atoms with Crippen LogP contribution in [0.5, 0.6) is 17.2 Å². The van der Waals surface area contributed by atoms with E-state index in [0.29, 0.717) is 40.5 Å². The van der Waals surface area contributed by atoms with Crippen molar-refractivity contribution in [2.24, 2.45) is 4.99 Å². The molecule has 0 saturated carbocycles. The quantitative estimate of drug-likeness (QED) is 0.239. The van der Waals surface area contributed by atoms with E-state index in [2.05, 4.69) is 0 Å². The van der Waals surface area contributed by atoms with E-state index in [0.717, 1.165) is 28.2 Å². The lowest BCUT2D eigenvalue weighted by molar-refractivity contribution is -0.385. The van der Waals surface area contributed by atoms with E-state index in [1.165, 1.54) is 30.9 Å². The summed E-state index contributed by atoms with van der Waals surface area (Å²) < 4.78 is 12.6. The molecule has 1 aromatic heterocycles. The van der Waals surface area contributed by atoms with Crippen molar-refractivity contribution >= 4 is 39.8 Å². The Morgan fingerprint density at radius 1 is 1.14 bits per heavy atom. The minimum atomic E-state index is -0.888. The molecule has 11 nitrogen and oxygen atoms in total. The van der Waals surface area contributed by atoms with Gasteiger partial charge in [-0.15, -0.1) is 0 Å². The molecule has 4 aromatic rings. The van der Waals surface area contributed by atoms with E-state index >= 15 is 0 Å². The highest BCUT2D eigenvalue weighted by molar-refractivity contribution is 7.07. The number of allylic oxidation sites excluding steroid dienone is 1. The van der Waals surface area contributed by atoms with Gasteiger partial charge in [0.05, 0.1) is 41.0 Å². The van der Waals surface area contributed by atoms with E-state index in [4.69, 9.17) is 14.5 Å². The van der Waals surface area contributed by atoms with E-state index in [1.54, 1.807) is 11.8 Å². The van der Waals surface area contributed by atoms with E-state index in [1.807, 2.05) is 50.2 Å². The number of carbonyl (C=O) groups is 1. The van der Waals surface area contributed by atoms with Gasteiger partial charge in [-0.2, -0.15) is 0 Å². The summed E-state index contributed by atoms with van der Waals surface area (Å²) in [7, 11) is 2.82. The average molecular weight is 603 g/mol. The summed E-state index contributed by atoms with van der Waals surface area (Å²) in [6.45, 7) is 6.45. The Hall–Kier alpha value is -4.97. The molecule has 43 heavy (non-hydrogen) atoms. The zero-order valence-corrected chi connectivity index (χ0v) is 25.1. The fourth-order valence-electron chi connectivity index (χ4n) is 5.41. The Kier molecular flexibility index (Phi) is 8.05. The van der Waals surface area contributed by atoms with Crippen LogP contribution in [-0.2, 0) is 4.79 Å². The molecule has 0 radical (unpaired) electrons. The summed E-state index contributed by atoms with van der Waals surface area (Å²) in [6.07, 6.45) is 1.37. The molecule has 222 valence electrons. The highest BCUT2D eigenvalue weighted by Gasteiger charge is 2.36. The van der Waals surface area contributed by atoms with Gasteiger partial charge in [0.25, 0.3) is 17.2 Å². The fourth-order valence-corrected chi connectivity index (χ4v) is 6.45. The molecule has 1 aliphatic rings. The molecule has 0 unspecified atom stereocenters. The average Bonchev–Trinajstić information content (AvgIpc) is 3.31. The lowest BCUT2D eigenvalue weighted by atomic mass is 9.90. The first-order valence-corrected chi connectivity index (χ1v) is 14.4. The lowest BCUT2D eigenvalue weighted by Gasteiger charge is -2.30. The number of likely N-dealkylation sites (N-methyl/N-ethyl adjacent to an activating group) is 1. The standard InChI is InChI=1S/C31H30N4O7S/c1-6-33(7-2)30(38)25-17(3)32-31-34(27(25)26-21-11-9-8-10-18(21)12-13-22(26)41-4)29(37)24(43-31)15-19-14-20(35(39)40)16-23(42-5)28(19)36/h8-16,27,36H,6-7H2,1-5H3/b24-15-/t27-/m1/s1. The molecule has 1 amide bonds. The Labute approximate surface area is 250 Å². The van der Waals surface area contributed by atoms with Gasteiger partial charge < -0.3 is 19.5 Å². The molecule has 0 aliphatic carbocycles. The second-order valence-electron chi connectivity index (χ2n) is 9.80. The first-order valence-electron chi connectivity index (χ1n) is 13.6. The number of nitro groups is 1. The van der Waals surface area contributed by atoms with Gasteiger partial charge in [-0.25, -0.2) is 4.99 Å². The van der Waals surface area contributed by atoms with Crippen LogP contribution in [0.15, 0.2) is 69.6 Å². The molecule has 1 N–H and O–H groups in total. The number of phenols is 1. The van der Waals surface area contributed by atoms with E-state index in [-0.39, 0.29) is 33.2 Å². The summed E-state index contributed by atoms with van der Waals surface area (Å²) >= 11 is 1.05. The summed E-state index contributed by atoms with van der Waals surface area (Å²) in [4.78, 5) is 46.0. The van der Waals surface area contributed by atoms with Crippen molar-refractivity contribution in [3.05, 3.63) is 101 Å². The Morgan fingerprint density at radius 2 is 1.84 bits per heavy atom. The van der Waals surface area contributed by atoms with Crippen LogP contribution in [0.1, 0.15) is 37.9 Å². The number of fused-ring (bicyclic) bond motifs is 2. The molecule has 3 aromatic carbocycles. The minimum Gasteiger partial charge on any atom is -0.504 e. The van der Waals surface area contributed by atoms with Crippen LogP contribution >= 0.6 is 11.3 Å². The van der Waals surface area contributed by atoms with Crippen molar-refractivity contribution in [1.82, 2.24) is 9.47 Å². The number of amides is 1. The first kappa shape index (κ1) is 29.5. The van der Waals surface area contributed by atoms with Crippen molar-refractivity contribution in [3.63, 3.8) is 0 Å². The third-order valence-electron chi connectivity index (χ3n) is 7.53. The summed E-state index contributed by atoms with van der Waals surface area (Å²) in [6, 6.07) is 12.8. The lowest BCUT2D eigenvalue weighted by Crippen LogP contribution is -2.43. The third kappa shape index (κ3) is 5.03. The third-order valence-corrected chi connectivity index (χ3v) is 8.52. The van der Waals surface area contributed by atoms with Gasteiger partial charge >= 0.3 is 0 Å². The number of non-ortho nitro benzene ring substituents is 1. The van der Waals surface area contributed by atoms with Crippen molar-refractivity contribution in [3.8, 4) is 17.2 Å². The predicted molar refractivity (Wildman–Crippen MR) is 164 cm³/mol. The predicted octanol–water partition coefficient (Wildman–Crippen LogP) is 3.89. The van der Waals surface area contributed by atoms with Crippen LogP contribution in [0.25, 0.3) is 16.8 Å². The second-order valence-corrected chi connectivity index (χ2v) is 10.8. The Bertz CT molecular complexity index is 1990. The van der Waals surface area contributed by atoms with Crippen molar-refractivity contribution in [2.45, 2.75) is 26.8 Å². The van der Waals surface area contributed by atoms with Gasteiger partial charge in [0.2, 0.25) is 0 Å². The van der Waals surface area contributed by atoms with Crippen LogP contribution in [0.2, 0.25) is 0 Å². The summed E-state index contributed by atoms with van der Waals surface area (Å²) in [5.41, 5.74) is 0.686. The smallest absolute Gasteiger partial charge is 0.274 e. The van der Waals surface area contributed by atoms with Crippen LogP contribution in [0.3, 0.4) is 0 Å². The number of thiazole rings is 1. The topological polar surface area (TPSA) is 136 Å². The number of hydrogen-bond acceptors (Lipinski definition) is 9. The normalized spacial score (nSPS) is 14.8.